The first-order chi connectivity index (χ1) is 10.2. The first-order valence-corrected chi connectivity index (χ1v) is 7.18. The fraction of sp³-hybridized carbons (Fsp3) is 0.533. The number of ether oxygens (including phenoxy) is 3. The second-order valence-electron chi connectivity index (χ2n) is 5.26. The third kappa shape index (κ3) is 2.76. The maximum absolute atomic E-state index is 12.3. The summed E-state index contributed by atoms with van der Waals surface area (Å²) in [6, 6.07) is 3.35. The molecule has 0 bridgehead atoms. The highest BCUT2D eigenvalue weighted by molar-refractivity contribution is 5.81. The molecule has 0 saturated carbocycles. The molecule has 1 amide bonds. The summed E-state index contributed by atoms with van der Waals surface area (Å²) in [5.41, 5.74) is 0.584. The van der Waals surface area contributed by atoms with Gasteiger partial charge in [-0.05, 0) is 25.8 Å². The number of carbonyl (C=O) groups excluding carboxylic acids is 1. The normalized spacial score (nSPS) is 17.9. The van der Waals surface area contributed by atoms with E-state index in [9.17, 15) is 9.90 Å². The molecule has 21 heavy (non-hydrogen) atoms. The Kier molecular flexibility index (Phi) is 3.88. The van der Waals surface area contributed by atoms with E-state index in [1.54, 1.807) is 19.1 Å². The summed E-state index contributed by atoms with van der Waals surface area (Å²) in [5, 5.41) is 9.44. The topological polar surface area (TPSA) is 68.2 Å². The molecule has 3 rings (SSSR count). The number of carbonyl (C=O) groups is 1. The lowest BCUT2D eigenvalue weighted by molar-refractivity contribution is -0.136. The van der Waals surface area contributed by atoms with Crippen LogP contribution in [0.25, 0.3) is 0 Å². The number of hydrogen-bond acceptors (Lipinski definition) is 5. The van der Waals surface area contributed by atoms with Gasteiger partial charge in [0, 0.05) is 24.7 Å². The highest BCUT2D eigenvalue weighted by atomic mass is 16.7. The molecule has 1 aromatic carbocycles. The van der Waals surface area contributed by atoms with Gasteiger partial charge in [0.2, 0.25) is 6.79 Å². The van der Waals surface area contributed by atoms with Gasteiger partial charge in [-0.15, -0.1) is 0 Å². The molecule has 1 N–H and O–H groups in total. The largest absolute Gasteiger partial charge is 0.480 e. The van der Waals surface area contributed by atoms with E-state index >= 15 is 0 Å². The number of likely N-dealkylation sites (tertiary alicyclic amines) is 1. The Hall–Kier alpha value is -1.95. The van der Waals surface area contributed by atoms with Crippen molar-refractivity contribution in [3.05, 3.63) is 17.7 Å². The van der Waals surface area contributed by atoms with Crippen LogP contribution in [0.2, 0.25) is 0 Å². The zero-order valence-electron chi connectivity index (χ0n) is 12.0. The van der Waals surface area contributed by atoms with E-state index in [1.165, 1.54) is 0 Å². The summed E-state index contributed by atoms with van der Waals surface area (Å²) in [6.45, 7) is 3.29. The average molecular weight is 293 g/mol. The summed E-state index contributed by atoms with van der Waals surface area (Å²) >= 11 is 0. The second-order valence-corrected chi connectivity index (χ2v) is 5.26. The van der Waals surface area contributed by atoms with E-state index in [2.05, 4.69) is 0 Å². The molecule has 2 heterocycles. The Labute approximate surface area is 123 Å². The van der Waals surface area contributed by atoms with Crippen molar-refractivity contribution < 1.29 is 24.1 Å². The van der Waals surface area contributed by atoms with E-state index in [0.717, 1.165) is 25.9 Å². The van der Waals surface area contributed by atoms with Crippen molar-refractivity contribution in [1.82, 2.24) is 4.90 Å². The molecular weight excluding hydrogens is 274 g/mol. The molecule has 6 nitrogen and oxygen atoms in total. The standard InChI is InChI=1S/C15H19NO5/c1-10(15(18)16-4-2-3-5-16)21-12-7-14-13(19-9-20-14)6-11(12)8-17/h6-7,10,17H,2-5,8-9H2,1H3. The van der Waals surface area contributed by atoms with Crippen LogP contribution in [-0.4, -0.2) is 41.9 Å². The van der Waals surface area contributed by atoms with Gasteiger partial charge in [0.05, 0.1) is 6.61 Å². The van der Waals surface area contributed by atoms with Crippen LogP contribution in [0, 0.1) is 0 Å². The number of hydrogen-bond donors (Lipinski definition) is 1. The van der Waals surface area contributed by atoms with Crippen LogP contribution < -0.4 is 14.2 Å². The maximum atomic E-state index is 12.3. The minimum Gasteiger partial charge on any atom is -0.480 e. The van der Waals surface area contributed by atoms with Crippen molar-refractivity contribution in [2.24, 2.45) is 0 Å². The first-order valence-electron chi connectivity index (χ1n) is 7.18. The van der Waals surface area contributed by atoms with E-state index in [1.807, 2.05) is 4.90 Å². The van der Waals surface area contributed by atoms with Gasteiger partial charge < -0.3 is 24.2 Å². The minimum atomic E-state index is -0.589. The van der Waals surface area contributed by atoms with Crippen LogP contribution in [0.5, 0.6) is 17.2 Å². The molecule has 1 aromatic rings. The van der Waals surface area contributed by atoms with Crippen LogP contribution in [0.3, 0.4) is 0 Å². The smallest absolute Gasteiger partial charge is 0.263 e. The highest BCUT2D eigenvalue weighted by Crippen LogP contribution is 2.38. The van der Waals surface area contributed by atoms with Crippen molar-refractivity contribution in [3.63, 3.8) is 0 Å². The number of aliphatic hydroxyl groups excluding tert-OH is 1. The Morgan fingerprint density at radius 2 is 2.00 bits per heavy atom. The zero-order chi connectivity index (χ0) is 14.8. The van der Waals surface area contributed by atoms with Gasteiger partial charge in [-0.1, -0.05) is 0 Å². The van der Waals surface area contributed by atoms with Crippen LogP contribution in [0.1, 0.15) is 25.3 Å². The van der Waals surface area contributed by atoms with Crippen molar-refractivity contribution in [1.29, 1.82) is 0 Å². The van der Waals surface area contributed by atoms with Gasteiger partial charge in [0.1, 0.15) is 5.75 Å². The summed E-state index contributed by atoms with van der Waals surface area (Å²) < 4.78 is 16.3. The number of nitrogens with zero attached hydrogens (tertiary/aromatic N) is 1. The average Bonchev–Trinajstić information content (AvgIpc) is 3.16. The molecular formula is C15H19NO5. The van der Waals surface area contributed by atoms with E-state index in [-0.39, 0.29) is 19.3 Å². The molecule has 0 aromatic heterocycles. The molecule has 0 aliphatic carbocycles. The van der Waals surface area contributed by atoms with Crippen molar-refractivity contribution in [2.75, 3.05) is 19.9 Å². The van der Waals surface area contributed by atoms with Gasteiger partial charge >= 0.3 is 0 Å². The van der Waals surface area contributed by atoms with E-state index < -0.39 is 6.10 Å². The van der Waals surface area contributed by atoms with Gasteiger partial charge in [0.15, 0.2) is 17.6 Å². The summed E-state index contributed by atoms with van der Waals surface area (Å²) in [6.07, 6.45) is 1.50. The van der Waals surface area contributed by atoms with E-state index in [4.69, 9.17) is 14.2 Å². The zero-order valence-corrected chi connectivity index (χ0v) is 12.0. The summed E-state index contributed by atoms with van der Waals surface area (Å²) in [5.74, 6) is 1.60. The first kappa shape index (κ1) is 14.0. The van der Waals surface area contributed by atoms with Gasteiger partial charge in [-0.3, -0.25) is 4.79 Å². The monoisotopic (exact) mass is 293 g/mol. The molecule has 2 aliphatic heterocycles. The molecule has 0 spiro atoms. The van der Waals surface area contributed by atoms with Gasteiger partial charge in [-0.25, -0.2) is 0 Å². The number of amides is 1. The predicted molar refractivity (Wildman–Crippen MR) is 74.4 cm³/mol. The lowest BCUT2D eigenvalue weighted by Gasteiger charge is -2.22. The molecule has 1 fully saturated rings. The lowest BCUT2D eigenvalue weighted by atomic mass is 10.2. The Bertz CT molecular complexity index is 539. The SMILES string of the molecule is CC(Oc1cc2c(cc1CO)OCO2)C(=O)N1CCCC1. The molecule has 1 unspecified atom stereocenters. The second kappa shape index (κ2) is 5.81. The van der Waals surface area contributed by atoms with E-state index in [0.29, 0.717) is 22.8 Å². The van der Waals surface area contributed by atoms with Crippen molar-refractivity contribution >= 4 is 5.91 Å². The number of aliphatic hydroxyl groups is 1. The molecule has 1 atom stereocenters. The molecule has 2 aliphatic rings. The minimum absolute atomic E-state index is 0.0194. The highest BCUT2D eigenvalue weighted by Gasteiger charge is 2.26. The van der Waals surface area contributed by atoms with Gasteiger partial charge in [0.25, 0.3) is 5.91 Å². The van der Waals surface area contributed by atoms with Crippen LogP contribution in [-0.2, 0) is 11.4 Å². The number of fused-ring (bicyclic) bond motifs is 1. The summed E-state index contributed by atoms with van der Waals surface area (Å²) in [4.78, 5) is 14.1. The van der Waals surface area contributed by atoms with Crippen molar-refractivity contribution in [3.8, 4) is 17.2 Å². The lowest BCUT2D eigenvalue weighted by Crippen LogP contribution is -2.38. The number of rotatable bonds is 4. The maximum Gasteiger partial charge on any atom is 0.263 e. The quantitative estimate of drug-likeness (QED) is 0.906. The Morgan fingerprint density at radius 1 is 1.33 bits per heavy atom. The number of benzene rings is 1. The fourth-order valence-corrected chi connectivity index (χ4v) is 2.63. The van der Waals surface area contributed by atoms with Crippen LogP contribution in [0.15, 0.2) is 12.1 Å². The fourth-order valence-electron chi connectivity index (χ4n) is 2.63. The Balaban J connectivity index is 1.75. The predicted octanol–water partition coefficient (Wildman–Crippen LogP) is 1.30. The Morgan fingerprint density at radius 3 is 2.67 bits per heavy atom. The van der Waals surface area contributed by atoms with Gasteiger partial charge in [-0.2, -0.15) is 0 Å². The molecule has 1 saturated heterocycles. The van der Waals surface area contributed by atoms with Crippen LogP contribution >= 0.6 is 0 Å². The summed E-state index contributed by atoms with van der Waals surface area (Å²) in [7, 11) is 0. The van der Waals surface area contributed by atoms with Crippen molar-refractivity contribution in [2.45, 2.75) is 32.5 Å². The van der Waals surface area contributed by atoms with Crippen LogP contribution in [0.4, 0.5) is 0 Å². The molecule has 6 heteroatoms. The third-order valence-electron chi connectivity index (χ3n) is 3.80. The molecule has 114 valence electrons. The third-order valence-corrected chi connectivity index (χ3v) is 3.80. The molecule has 0 radical (unpaired) electrons.